The molecule has 0 amide bonds. The van der Waals surface area contributed by atoms with E-state index in [1.165, 1.54) is 0 Å². The minimum absolute atomic E-state index is 0.254. The number of nitrogen functional groups attached to an aromatic ring is 1. The van der Waals surface area contributed by atoms with Crippen LogP contribution in [0.3, 0.4) is 0 Å². The molecule has 0 saturated heterocycles. The monoisotopic (exact) mass is 254 g/mol. The van der Waals surface area contributed by atoms with Gasteiger partial charge in [-0.25, -0.2) is 4.98 Å². The summed E-state index contributed by atoms with van der Waals surface area (Å²) >= 11 is 0. The van der Waals surface area contributed by atoms with Gasteiger partial charge in [0.05, 0.1) is 17.9 Å². The zero-order chi connectivity index (χ0) is 13.2. The molecule has 0 radical (unpaired) electrons. The van der Waals surface area contributed by atoms with Gasteiger partial charge in [0.15, 0.2) is 0 Å². The van der Waals surface area contributed by atoms with E-state index in [9.17, 15) is 0 Å². The van der Waals surface area contributed by atoms with E-state index in [1.807, 2.05) is 43.3 Å². The van der Waals surface area contributed by atoms with Gasteiger partial charge >= 0.3 is 0 Å². The summed E-state index contributed by atoms with van der Waals surface area (Å²) in [6, 6.07) is 9.81. The van der Waals surface area contributed by atoms with E-state index < -0.39 is 0 Å². The Labute approximate surface area is 111 Å². The van der Waals surface area contributed by atoms with E-state index in [0.717, 1.165) is 22.7 Å². The normalized spacial score (nSPS) is 12.2. The largest absolute Gasteiger partial charge is 0.493 e. The molecule has 0 unspecified atom stereocenters. The van der Waals surface area contributed by atoms with Crippen molar-refractivity contribution < 1.29 is 4.74 Å². The summed E-state index contributed by atoms with van der Waals surface area (Å²) < 4.78 is 5.52. The molecule has 96 valence electrons. The SMILES string of the molecule is CCOC1=Cc2nc(N)nc(Nc3ccccc3)c21. The molecule has 0 aliphatic heterocycles. The fourth-order valence-corrected chi connectivity index (χ4v) is 1.98. The van der Waals surface area contributed by atoms with E-state index in [2.05, 4.69) is 15.3 Å². The number of nitrogens with two attached hydrogens (primary N) is 1. The Morgan fingerprint density at radius 2 is 2.00 bits per heavy atom. The first kappa shape index (κ1) is 11.5. The first-order valence-corrected chi connectivity index (χ1v) is 6.12. The highest BCUT2D eigenvalue weighted by atomic mass is 16.5. The van der Waals surface area contributed by atoms with Crippen molar-refractivity contribution >= 4 is 29.3 Å². The van der Waals surface area contributed by atoms with Crippen LogP contribution >= 0.6 is 0 Å². The number of nitrogens with one attached hydrogen (secondary N) is 1. The minimum Gasteiger partial charge on any atom is -0.493 e. The molecule has 1 aromatic heterocycles. The summed E-state index contributed by atoms with van der Waals surface area (Å²) in [5.41, 5.74) is 8.36. The second-order valence-electron chi connectivity index (χ2n) is 4.12. The molecule has 1 aliphatic carbocycles. The number of benzene rings is 1. The van der Waals surface area contributed by atoms with Crippen LogP contribution in [0.15, 0.2) is 30.3 Å². The average Bonchev–Trinajstić information content (AvgIpc) is 2.37. The van der Waals surface area contributed by atoms with Crippen LogP contribution in [0.25, 0.3) is 11.8 Å². The van der Waals surface area contributed by atoms with Crippen LogP contribution in [0.2, 0.25) is 0 Å². The van der Waals surface area contributed by atoms with Crippen molar-refractivity contribution in [3.8, 4) is 0 Å². The molecule has 1 heterocycles. The molecule has 19 heavy (non-hydrogen) atoms. The fraction of sp³-hybridized carbons (Fsp3) is 0.143. The topological polar surface area (TPSA) is 73.1 Å². The molecule has 3 N–H and O–H groups in total. The molecular weight excluding hydrogens is 240 g/mol. The summed E-state index contributed by atoms with van der Waals surface area (Å²) in [6.45, 7) is 2.56. The predicted molar refractivity (Wildman–Crippen MR) is 75.7 cm³/mol. The Bertz CT molecular complexity index is 637. The van der Waals surface area contributed by atoms with Crippen molar-refractivity contribution in [3.05, 3.63) is 41.6 Å². The number of fused-ring (bicyclic) bond motifs is 1. The van der Waals surface area contributed by atoms with Crippen LogP contribution in [0.4, 0.5) is 17.5 Å². The minimum atomic E-state index is 0.254. The molecule has 5 heteroatoms. The van der Waals surface area contributed by atoms with Gasteiger partial charge in [0.2, 0.25) is 5.95 Å². The van der Waals surface area contributed by atoms with E-state index in [-0.39, 0.29) is 5.95 Å². The van der Waals surface area contributed by atoms with Gasteiger partial charge in [-0.15, -0.1) is 0 Å². The van der Waals surface area contributed by atoms with Crippen molar-refractivity contribution in [3.63, 3.8) is 0 Å². The summed E-state index contributed by atoms with van der Waals surface area (Å²) in [7, 11) is 0. The molecule has 1 aromatic carbocycles. The number of para-hydroxylation sites is 1. The van der Waals surface area contributed by atoms with Gasteiger partial charge in [-0.05, 0) is 19.1 Å². The van der Waals surface area contributed by atoms with Gasteiger partial charge in [-0.1, -0.05) is 18.2 Å². The highest BCUT2D eigenvalue weighted by molar-refractivity contribution is 5.96. The number of ether oxygens (including phenoxy) is 1. The lowest BCUT2D eigenvalue weighted by Gasteiger charge is -2.22. The lowest BCUT2D eigenvalue weighted by atomic mass is 10.0. The van der Waals surface area contributed by atoms with Crippen molar-refractivity contribution in [2.75, 3.05) is 17.7 Å². The highest BCUT2D eigenvalue weighted by Crippen LogP contribution is 2.38. The Kier molecular flexibility index (Phi) is 2.79. The maximum atomic E-state index is 5.70. The molecule has 0 fully saturated rings. The lowest BCUT2D eigenvalue weighted by molar-refractivity contribution is 0.297. The number of anilines is 3. The van der Waals surface area contributed by atoms with Crippen LogP contribution in [0.5, 0.6) is 0 Å². The summed E-state index contributed by atoms with van der Waals surface area (Å²) in [5, 5.41) is 3.24. The Morgan fingerprint density at radius 3 is 2.74 bits per heavy atom. The van der Waals surface area contributed by atoms with Gasteiger partial charge in [0.25, 0.3) is 0 Å². The van der Waals surface area contributed by atoms with Crippen LogP contribution in [-0.2, 0) is 4.74 Å². The number of rotatable bonds is 4. The summed E-state index contributed by atoms with van der Waals surface area (Å²) in [4.78, 5) is 8.41. The van der Waals surface area contributed by atoms with Crippen molar-refractivity contribution in [1.82, 2.24) is 9.97 Å². The third-order valence-electron chi connectivity index (χ3n) is 2.80. The van der Waals surface area contributed by atoms with Gasteiger partial charge in [0, 0.05) is 11.8 Å². The van der Waals surface area contributed by atoms with Gasteiger partial charge < -0.3 is 15.8 Å². The van der Waals surface area contributed by atoms with Gasteiger partial charge in [-0.3, -0.25) is 0 Å². The third-order valence-corrected chi connectivity index (χ3v) is 2.80. The van der Waals surface area contributed by atoms with E-state index >= 15 is 0 Å². The summed E-state index contributed by atoms with van der Waals surface area (Å²) in [5.74, 6) is 1.74. The molecule has 0 spiro atoms. The number of hydrogen-bond donors (Lipinski definition) is 2. The smallest absolute Gasteiger partial charge is 0.222 e. The third kappa shape index (κ3) is 2.10. The molecule has 1 aliphatic rings. The average molecular weight is 254 g/mol. The Balaban J connectivity index is 1.95. The van der Waals surface area contributed by atoms with Crippen LogP contribution in [-0.4, -0.2) is 16.6 Å². The van der Waals surface area contributed by atoms with Crippen LogP contribution in [0.1, 0.15) is 18.2 Å². The Hall–Kier alpha value is -2.56. The maximum absolute atomic E-state index is 5.70. The standard InChI is InChI=1S/C14H14N4O/c1-2-19-11-8-10-12(11)13(18-14(15)17-10)16-9-6-4-3-5-7-9/h3-8H,2H2,1H3,(H3,15,16,17,18). The summed E-state index contributed by atoms with van der Waals surface area (Å²) in [6.07, 6.45) is 1.87. The van der Waals surface area contributed by atoms with Crippen molar-refractivity contribution in [2.24, 2.45) is 0 Å². The van der Waals surface area contributed by atoms with Crippen LogP contribution < -0.4 is 11.1 Å². The molecule has 3 rings (SSSR count). The number of aromatic nitrogens is 2. The molecule has 0 saturated carbocycles. The number of nitrogens with zero attached hydrogens (tertiary/aromatic N) is 2. The zero-order valence-electron chi connectivity index (χ0n) is 10.6. The first-order valence-electron chi connectivity index (χ1n) is 6.12. The van der Waals surface area contributed by atoms with Gasteiger partial charge in [0.1, 0.15) is 11.6 Å². The van der Waals surface area contributed by atoms with Crippen molar-refractivity contribution in [1.29, 1.82) is 0 Å². The quantitative estimate of drug-likeness (QED) is 0.877. The molecular formula is C14H14N4O. The second kappa shape index (κ2) is 4.61. The van der Waals surface area contributed by atoms with E-state index in [0.29, 0.717) is 12.4 Å². The molecule has 5 nitrogen and oxygen atoms in total. The molecule has 0 bridgehead atoms. The van der Waals surface area contributed by atoms with Crippen LogP contribution in [0, 0.1) is 0 Å². The van der Waals surface area contributed by atoms with Gasteiger partial charge in [-0.2, -0.15) is 4.98 Å². The maximum Gasteiger partial charge on any atom is 0.222 e. The molecule has 2 aromatic rings. The fourth-order valence-electron chi connectivity index (χ4n) is 1.98. The zero-order valence-corrected chi connectivity index (χ0v) is 10.6. The highest BCUT2D eigenvalue weighted by Gasteiger charge is 2.25. The first-order chi connectivity index (χ1) is 9.28. The van der Waals surface area contributed by atoms with E-state index in [1.54, 1.807) is 0 Å². The van der Waals surface area contributed by atoms with Crippen molar-refractivity contribution in [2.45, 2.75) is 6.92 Å². The Morgan fingerprint density at radius 1 is 1.21 bits per heavy atom. The van der Waals surface area contributed by atoms with E-state index in [4.69, 9.17) is 10.5 Å². The second-order valence-corrected chi connectivity index (χ2v) is 4.12. The lowest BCUT2D eigenvalue weighted by Crippen LogP contribution is -2.13. The predicted octanol–water partition coefficient (Wildman–Crippen LogP) is 2.65. The number of hydrogen-bond acceptors (Lipinski definition) is 5. The molecule has 0 atom stereocenters.